The minimum absolute atomic E-state index is 0.163. The van der Waals surface area contributed by atoms with Gasteiger partial charge in [0, 0.05) is 17.6 Å². The number of para-hydroxylation sites is 1. The Labute approximate surface area is 167 Å². The first-order valence-corrected chi connectivity index (χ1v) is 9.55. The zero-order valence-corrected chi connectivity index (χ0v) is 16.6. The van der Waals surface area contributed by atoms with Gasteiger partial charge in [0.2, 0.25) is 5.91 Å². The largest absolute Gasteiger partial charge is 0.350 e. The average Bonchev–Trinajstić information content (AvgIpc) is 2.70. The highest BCUT2D eigenvalue weighted by Crippen LogP contribution is 2.11. The van der Waals surface area contributed by atoms with Crippen LogP contribution in [-0.2, 0) is 17.9 Å². The molecule has 3 rings (SSSR count). The molecule has 0 spiro atoms. The second-order valence-electron chi connectivity index (χ2n) is 6.72. The third-order valence-corrected chi connectivity index (χ3v) is 5.07. The minimum atomic E-state index is -0.473. The van der Waals surface area contributed by atoms with Gasteiger partial charge in [-0.3, -0.25) is 18.7 Å². The summed E-state index contributed by atoms with van der Waals surface area (Å²) in [4.78, 5) is 38.2. The van der Waals surface area contributed by atoms with E-state index in [-0.39, 0.29) is 24.1 Å². The summed E-state index contributed by atoms with van der Waals surface area (Å²) < 4.78 is 2.59. The summed E-state index contributed by atoms with van der Waals surface area (Å²) in [6.07, 6.45) is 0.635. The van der Waals surface area contributed by atoms with Crippen LogP contribution < -0.4 is 16.6 Å². The van der Waals surface area contributed by atoms with Crippen molar-refractivity contribution >= 4 is 28.4 Å². The fraction of sp³-hybridized carbons (Fsp3) is 0.286. The summed E-state index contributed by atoms with van der Waals surface area (Å²) >= 11 is 5.87. The first-order chi connectivity index (χ1) is 13.4. The number of aromatic nitrogens is 2. The summed E-state index contributed by atoms with van der Waals surface area (Å²) in [5.74, 6) is -0.309. The Hall–Kier alpha value is -2.86. The molecule has 1 N–H and O–H groups in total. The monoisotopic (exact) mass is 399 g/mol. The Kier molecular flexibility index (Phi) is 5.99. The SMILES string of the molecule is CC[C@H](C)n1c(=O)c2ccccc2n(CC(=O)NCc2ccc(Cl)cc2)c1=O. The molecule has 2 aromatic carbocycles. The number of fused-ring (bicyclic) bond motifs is 1. The summed E-state index contributed by atoms with van der Waals surface area (Å²) in [7, 11) is 0. The lowest BCUT2D eigenvalue weighted by atomic mass is 10.2. The third-order valence-electron chi connectivity index (χ3n) is 4.82. The van der Waals surface area contributed by atoms with E-state index in [1.807, 2.05) is 26.0 Å². The molecule has 1 aromatic heterocycles. The van der Waals surface area contributed by atoms with Gasteiger partial charge in [-0.05, 0) is 43.2 Å². The van der Waals surface area contributed by atoms with E-state index in [0.717, 1.165) is 5.56 Å². The molecule has 0 radical (unpaired) electrons. The van der Waals surface area contributed by atoms with Gasteiger partial charge in [0.25, 0.3) is 5.56 Å². The standard InChI is InChI=1S/C21H22ClN3O3/c1-3-14(2)25-20(27)17-6-4-5-7-18(17)24(21(25)28)13-19(26)23-12-15-8-10-16(22)11-9-15/h4-11,14H,3,12-13H2,1-2H3,(H,23,26)/t14-/m0/s1. The number of hydrogen-bond donors (Lipinski definition) is 1. The Morgan fingerprint density at radius 2 is 1.79 bits per heavy atom. The Morgan fingerprint density at radius 3 is 2.46 bits per heavy atom. The van der Waals surface area contributed by atoms with E-state index in [9.17, 15) is 14.4 Å². The van der Waals surface area contributed by atoms with Crippen LogP contribution in [0.3, 0.4) is 0 Å². The molecule has 1 amide bonds. The molecule has 1 atom stereocenters. The molecular formula is C21H22ClN3O3. The second-order valence-corrected chi connectivity index (χ2v) is 7.16. The zero-order valence-electron chi connectivity index (χ0n) is 15.8. The van der Waals surface area contributed by atoms with E-state index in [1.165, 1.54) is 9.13 Å². The van der Waals surface area contributed by atoms with Gasteiger partial charge in [-0.15, -0.1) is 0 Å². The van der Waals surface area contributed by atoms with Crippen LogP contribution in [0.2, 0.25) is 5.02 Å². The molecule has 0 aliphatic carbocycles. The predicted molar refractivity (Wildman–Crippen MR) is 111 cm³/mol. The van der Waals surface area contributed by atoms with Crippen LogP contribution in [0.1, 0.15) is 31.9 Å². The lowest BCUT2D eigenvalue weighted by Gasteiger charge is -2.17. The molecule has 0 unspecified atom stereocenters. The molecule has 146 valence electrons. The van der Waals surface area contributed by atoms with Crippen molar-refractivity contribution in [3.05, 3.63) is 80.0 Å². The number of rotatable bonds is 6. The van der Waals surface area contributed by atoms with Gasteiger partial charge in [-0.25, -0.2) is 4.79 Å². The van der Waals surface area contributed by atoms with E-state index in [0.29, 0.717) is 28.9 Å². The third kappa shape index (κ3) is 4.02. The minimum Gasteiger partial charge on any atom is -0.350 e. The predicted octanol–water partition coefficient (Wildman–Crippen LogP) is 3.10. The maximum absolute atomic E-state index is 13.0. The van der Waals surface area contributed by atoms with Crippen molar-refractivity contribution in [3.8, 4) is 0 Å². The summed E-state index contributed by atoms with van der Waals surface area (Å²) in [5, 5.41) is 3.86. The normalized spacial score (nSPS) is 12.1. The van der Waals surface area contributed by atoms with Crippen molar-refractivity contribution in [2.75, 3.05) is 0 Å². The number of carbonyl (C=O) groups excluding carboxylic acids is 1. The molecule has 0 aliphatic rings. The molecule has 0 saturated heterocycles. The van der Waals surface area contributed by atoms with E-state index < -0.39 is 5.69 Å². The average molecular weight is 400 g/mol. The second kappa shape index (κ2) is 8.44. The van der Waals surface area contributed by atoms with Crippen molar-refractivity contribution in [2.45, 2.75) is 39.4 Å². The molecule has 0 aliphatic heterocycles. The fourth-order valence-electron chi connectivity index (χ4n) is 3.07. The van der Waals surface area contributed by atoms with Gasteiger partial charge in [0.05, 0.1) is 10.9 Å². The van der Waals surface area contributed by atoms with Crippen LogP contribution >= 0.6 is 11.6 Å². The van der Waals surface area contributed by atoms with E-state index in [2.05, 4.69) is 5.32 Å². The van der Waals surface area contributed by atoms with Crippen molar-refractivity contribution in [2.24, 2.45) is 0 Å². The number of carbonyl (C=O) groups is 1. The highest BCUT2D eigenvalue weighted by Gasteiger charge is 2.17. The number of hydrogen-bond acceptors (Lipinski definition) is 3. The summed E-state index contributed by atoms with van der Waals surface area (Å²) in [6, 6.07) is 13.8. The molecule has 0 saturated carbocycles. The van der Waals surface area contributed by atoms with Gasteiger partial charge in [0.1, 0.15) is 6.54 Å². The van der Waals surface area contributed by atoms with Crippen LogP contribution in [0.4, 0.5) is 0 Å². The topological polar surface area (TPSA) is 73.1 Å². The highest BCUT2D eigenvalue weighted by atomic mass is 35.5. The van der Waals surface area contributed by atoms with Crippen molar-refractivity contribution in [3.63, 3.8) is 0 Å². The lowest BCUT2D eigenvalue weighted by molar-refractivity contribution is -0.121. The van der Waals surface area contributed by atoms with Crippen molar-refractivity contribution in [1.29, 1.82) is 0 Å². The number of halogens is 1. The molecule has 6 nitrogen and oxygen atoms in total. The van der Waals surface area contributed by atoms with E-state index in [4.69, 9.17) is 11.6 Å². The lowest BCUT2D eigenvalue weighted by Crippen LogP contribution is -2.43. The molecule has 1 heterocycles. The van der Waals surface area contributed by atoms with Crippen LogP contribution in [0.25, 0.3) is 10.9 Å². The van der Waals surface area contributed by atoms with E-state index >= 15 is 0 Å². The molecule has 28 heavy (non-hydrogen) atoms. The Balaban J connectivity index is 1.93. The van der Waals surface area contributed by atoms with Crippen molar-refractivity contribution < 1.29 is 4.79 Å². The van der Waals surface area contributed by atoms with Gasteiger partial charge in [0.15, 0.2) is 0 Å². The van der Waals surface area contributed by atoms with Crippen molar-refractivity contribution in [1.82, 2.24) is 14.5 Å². The molecule has 0 fully saturated rings. The molecule has 3 aromatic rings. The zero-order chi connectivity index (χ0) is 20.3. The summed E-state index contributed by atoms with van der Waals surface area (Å²) in [5.41, 5.74) is 0.561. The first kappa shape index (κ1) is 19.9. The quantitative estimate of drug-likeness (QED) is 0.692. The highest BCUT2D eigenvalue weighted by molar-refractivity contribution is 6.30. The van der Waals surface area contributed by atoms with E-state index in [1.54, 1.807) is 36.4 Å². The van der Waals surface area contributed by atoms with Gasteiger partial charge in [-0.2, -0.15) is 0 Å². The van der Waals surface area contributed by atoms with Gasteiger partial charge >= 0.3 is 5.69 Å². The van der Waals surface area contributed by atoms with Gasteiger partial charge in [-0.1, -0.05) is 42.8 Å². The van der Waals surface area contributed by atoms with Gasteiger partial charge < -0.3 is 5.32 Å². The van der Waals surface area contributed by atoms with Crippen LogP contribution in [0.15, 0.2) is 58.1 Å². The number of nitrogens with zero attached hydrogens (tertiary/aromatic N) is 2. The maximum atomic E-state index is 13.0. The number of amides is 1. The Morgan fingerprint density at radius 1 is 1.11 bits per heavy atom. The molecule has 0 bridgehead atoms. The maximum Gasteiger partial charge on any atom is 0.332 e. The van der Waals surface area contributed by atoms with Crippen LogP contribution in [0.5, 0.6) is 0 Å². The summed E-state index contributed by atoms with van der Waals surface area (Å²) in [6.45, 7) is 3.90. The fourth-order valence-corrected chi connectivity index (χ4v) is 3.19. The number of nitrogens with one attached hydrogen (secondary N) is 1. The smallest absolute Gasteiger partial charge is 0.332 e. The van der Waals surface area contributed by atoms with Crippen LogP contribution in [0, 0.1) is 0 Å². The first-order valence-electron chi connectivity index (χ1n) is 9.17. The molecular weight excluding hydrogens is 378 g/mol. The molecule has 7 heteroatoms. The van der Waals surface area contributed by atoms with Crippen LogP contribution in [-0.4, -0.2) is 15.0 Å². The number of benzene rings is 2. The Bertz CT molecular complexity index is 1120.